The molecule has 0 aromatic heterocycles. The number of nitriles is 1. The summed E-state index contributed by atoms with van der Waals surface area (Å²) in [5, 5.41) is 7.98. The number of hydrogen-bond acceptors (Lipinski definition) is 1. The first-order valence-corrected chi connectivity index (χ1v) is 3.73. The summed E-state index contributed by atoms with van der Waals surface area (Å²) in [6, 6.07) is 4.98. The van der Waals surface area contributed by atoms with Crippen LogP contribution in [0.5, 0.6) is 0 Å². The summed E-state index contributed by atoms with van der Waals surface area (Å²) < 4.78 is 37.0. The van der Waals surface area contributed by atoms with Crippen molar-refractivity contribution < 1.29 is 64.3 Å². The van der Waals surface area contributed by atoms with Gasteiger partial charge in [-0.15, -0.1) is 0 Å². The molecule has 0 fully saturated rings. The Hall–Kier alpha value is 0.491. The maximum atomic E-state index is 12.3. The van der Waals surface area contributed by atoms with Crippen molar-refractivity contribution in [3.63, 3.8) is 0 Å². The summed E-state index contributed by atoms with van der Waals surface area (Å²) in [6.45, 7) is -5.22. The van der Waals surface area contributed by atoms with Gasteiger partial charge in [-0.25, -0.2) is 0 Å². The predicted octanol–water partition coefficient (Wildman–Crippen LogP) is -0.730. The second-order valence-electron chi connectivity index (χ2n) is 2.39. The van der Waals surface area contributed by atoms with Crippen LogP contribution < -0.4 is 56.8 Å². The van der Waals surface area contributed by atoms with Gasteiger partial charge >= 0.3 is 58.4 Å². The molecule has 7 heteroatoms. The fourth-order valence-corrected chi connectivity index (χ4v) is 1.27. The molecule has 1 rings (SSSR count). The minimum Gasteiger partial charge on any atom is -0.445 e. The molecule has 0 unspecified atom stereocenters. The molecule has 0 aliphatic carbocycles. The first-order valence-electron chi connectivity index (χ1n) is 3.35. The molecule has 0 heterocycles. The Morgan fingerprint density at radius 1 is 1.29 bits per heavy atom. The third kappa shape index (κ3) is 3.26. The third-order valence-electron chi connectivity index (χ3n) is 1.50. The first kappa shape index (κ1) is 14.5. The average Bonchev–Trinajstić information content (AvgIpc) is 2.01. The van der Waals surface area contributed by atoms with Crippen molar-refractivity contribution in [1.82, 2.24) is 0 Å². The van der Waals surface area contributed by atoms with Gasteiger partial charge in [-0.3, -0.25) is 0 Å². The molecule has 1 nitrogen and oxygen atoms in total. The topological polar surface area (TPSA) is 23.8 Å². The molecule has 0 radical (unpaired) electrons. The quantitative estimate of drug-likeness (QED) is 0.597. The average molecular weight is 243 g/mol. The maximum absolute atomic E-state index is 12.3. The van der Waals surface area contributed by atoms with E-state index in [2.05, 4.69) is 0 Å². The molecule has 0 aliphatic rings. The largest absolute Gasteiger partial charge is 1.00 e. The molecule has 0 spiro atoms. The van der Waals surface area contributed by atoms with Crippen LogP contribution in [0.2, 0.25) is 5.02 Å². The molecular formula is C7H3BClF3KN. The SMILES string of the molecule is N#Cc1cccc(Cl)c1[B-](F)(F)F.[K+]. The Kier molecular flexibility index (Phi) is 5.74. The van der Waals surface area contributed by atoms with Gasteiger partial charge in [-0.05, 0) is 12.1 Å². The molecule has 1 aromatic carbocycles. The molecule has 0 amide bonds. The third-order valence-corrected chi connectivity index (χ3v) is 1.83. The molecule has 0 aliphatic heterocycles. The van der Waals surface area contributed by atoms with Crippen LogP contribution in [0.3, 0.4) is 0 Å². The van der Waals surface area contributed by atoms with E-state index in [1.54, 1.807) is 0 Å². The Balaban J connectivity index is 0.00000169. The van der Waals surface area contributed by atoms with E-state index in [4.69, 9.17) is 16.9 Å². The number of benzene rings is 1. The predicted molar refractivity (Wildman–Crippen MR) is 44.9 cm³/mol. The smallest absolute Gasteiger partial charge is 0.445 e. The van der Waals surface area contributed by atoms with Gasteiger partial charge in [-0.1, -0.05) is 23.1 Å². The van der Waals surface area contributed by atoms with E-state index in [-0.39, 0.29) is 51.4 Å². The van der Waals surface area contributed by atoms with Crippen LogP contribution in [0.25, 0.3) is 0 Å². The summed E-state index contributed by atoms with van der Waals surface area (Å²) in [6.07, 6.45) is 0. The molecule has 0 saturated carbocycles. The molecule has 0 atom stereocenters. The van der Waals surface area contributed by atoms with Gasteiger partial charge in [0.15, 0.2) is 0 Å². The number of nitrogens with zero attached hydrogens (tertiary/aromatic N) is 1. The summed E-state index contributed by atoms with van der Waals surface area (Å²) in [4.78, 5) is 0. The fourth-order valence-electron chi connectivity index (χ4n) is 0.967. The van der Waals surface area contributed by atoms with E-state index in [1.165, 1.54) is 12.1 Å². The van der Waals surface area contributed by atoms with Gasteiger partial charge < -0.3 is 12.9 Å². The monoisotopic (exact) mass is 243 g/mol. The van der Waals surface area contributed by atoms with E-state index in [9.17, 15) is 12.9 Å². The van der Waals surface area contributed by atoms with Crippen molar-refractivity contribution in [2.45, 2.75) is 0 Å². The molecule has 68 valence electrons. The maximum Gasteiger partial charge on any atom is 1.00 e. The second kappa shape index (κ2) is 5.54. The fraction of sp³-hybridized carbons (Fsp3) is 0. The Morgan fingerprint density at radius 2 is 1.86 bits per heavy atom. The zero-order valence-electron chi connectivity index (χ0n) is 7.27. The van der Waals surface area contributed by atoms with E-state index in [1.807, 2.05) is 0 Å². The van der Waals surface area contributed by atoms with E-state index in [0.717, 1.165) is 12.1 Å². The van der Waals surface area contributed by atoms with Crippen LogP contribution in [-0.4, -0.2) is 6.98 Å². The van der Waals surface area contributed by atoms with E-state index in [0.29, 0.717) is 0 Å². The summed E-state index contributed by atoms with van der Waals surface area (Å²) >= 11 is 5.34. The zero-order chi connectivity index (χ0) is 10.1. The van der Waals surface area contributed by atoms with Gasteiger partial charge in [-0.2, -0.15) is 5.26 Å². The van der Waals surface area contributed by atoms with E-state index >= 15 is 0 Å². The molecule has 1 aromatic rings. The summed E-state index contributed by atoms with van der Waals surface area (Å²) in [5.74, 6) is 0. The van der Waals surface area contributed by atoms with Gasteiger partial charge in [0.25, 0.3) is 0 Å². The van der Waals surface area contributed by atoms with Crippen molar-refractivity contribution in [2.24, 2.45) is 0 Å². The van der Waals surface area contributed by atoms with Crippen molar-refractivity contribution in [3.8, 4) is 6.07 Å². The minimum atomic E-state index is -5.22. The van der Waals surface area contributed by atoms with Crippen LogP contribution in [-0.2, 0) is 0 Å². The number of rotatable bonds is 1. The molecule has 0 saturated heterocycles. The Bertz CT molecular complexity index is 374. The van der Waals surface area contributed by atoms with Crippen LogP contribution in [0.4, 0.5) is 12.9 Å². The van der Waals surface area contributed by atoms with Gasteiger partial charge in [0, 0.05) is 10.6 Å². The second-order valence-corrected chi connectivity index (χ2v) is 2.79. The minimum absolute atomic E-state index is 0. The van der Waals surface area contributed by atoms with Gasteiger partial charge in [0.1, 0.15) is 0 Å². The van der Waals surface area contributed by atoms with Gasteiger partial charge in [0.2, 0.25) is 0 Å². The molecule has 14 heavy (non-hydrogen) atoms. The Morgan fingerprint density at radius 3 is 2.21 bits per heavy atom. The molecular weight excluding hydrogens is 240 g/mol. The molecule has 0 N–H and O–H groups in total. The summed E-state index contributed by atoms with van der Waals surface area (Å²) in [5.41, 5.74) is -1.44. The zero-order valence-corrected chi connectivity index (χ0v) is 11.1. The first-order chi connectivity index (χ1) is 5.96. The number of halogens is 4. The van der Waals surface area contributed by atoms with Crippen LogP contribution in [0.1, 0.15) is 5.56 Å². The van der Waals surface area contributed by atoms with Crippen molar-refractivity contribution in [3.05, 3.63) is 28.8 Å². The normalized spacial score (nSPS) is 10.2. The van der Waals surface area contributed by atoms with Crippen LogP contribution in [0, 0.1) is 11.3 Å². The van der Waals surface area contributed by atoms with Crippen molar-refractivity contribution in [1.29, 1.82) is 5.26 Å². The summed E-state index contributed by atoms with van der Waals surface area (Å²) in [7, 11) is 0. The molecule has 0 bridgehead atoms. The van der Waals surface area contributed by atoms with E-state index < -0.39 is 23.0 Å². The van der Waals surface area contributed by atoms with Crippen molar-refractivity contribution >= 4 is 24.0 Å². The van der Waals surface area contributed by atoms with Crippen LogP contribution in [0.15, 0.2) is 18.2 Å². The Labute approximate surface area is 127 Å². The standard InChI is InChI=1S/C7H3BClF3N.K/c9-6-3-1-2-5(4-13)7(6)8(10,11)12;/h1-3H;/q-1;+1. The van der Waals surface area contributed by atoms with Crippen LogP contribution >= 0.6 is 11.6 Å². The number of hydrogen-bond donors (Lipinski definition) is 0. The van der Waals surface area contributed by atoms with Crippen molar-refractivity contribution in [2.75, 3.05) is 0 Å². The van der Waals surface area contributed by atoms with Gasteiger partial charge in [0.05, 0.1) is 6.07 Å².